The molecule has 0 radical (unpaired) electrons. The van der Waals surface area contributed by atoms with Gasteiger partial charge in [-0.25, -0.2) is 0 Å². The number of imide groups is 1. The summed E-state index contributed by atoms with van der Waals surface area (Å²) < 4.78 is 0. The van der Waals surface area contributed by atoms with Crippen LogP contribution in [0.1, 0.15) is 52.5 Å². The van der Waals surface area contributed by atoms with Crippen molar-refractivity contribution < 1.29 is 19.3 Å². The van der Waals surface area contributed by atoms with Crippen LogP contribution in [0.5, 0.6) is 0 Å². The lowest BCUT2D eigenvalue weighted by atomic mass is 9.83. The van der Waals surface area contributed by atoms with Crippen molar-refractivity contribution in [3.8, 4) is 0 Å². The zero-order valence-corrected chi connectivity index (χ0v) is 15.2. The zero-order chi connectivity index (χ0) is 19.2. The standard InChI is InChI=1S/C21H20N2O4/c1-21(2)12-17(14-8-4-3-5-9-14)18(23(26)27-21)13-22-19(24)15-10-6-7-11-16(15)20(22)25/h3-11,17H,12-13H2,1-2H3. The fraction of sp³-hybridized carbons (Fsp3) is 0.286. The highest BCUT2D eigenvalue weighted by Crippen LogP contribution is 2.34. The van der Waals surface area contributed by atoms with Crippen molar-refractivity contribution in [2.24, 2.45) is 0 Å². The topological polar surface area (TPSA) is 72.7 Å². The summed E-state index contributed by atoms with van der Waals surface area (Å²) in [6.07, 6.45) is 0.578. The number of hydrogen-bond donors (Lipinski definition) is 0. The first kappa shape index (κ1) is 17.3. The van der Waals surface area contributed by atoms with Gasteiger partial charge in [0, 0.05) is 4.90 Å². The van der Waals surface area contributed by atoms with Crippen molar-refractivity contribution in [3.63, 3.8) is 0 Å². The number of hydrogen-bond acceptors (Lipinski definition) is 4. The average Bonchev–Trinajstić information content (AvgIpc) is 2.89. The van der Waals surface area contributed by atoms with Crippen molar-refractivity contribution in [1.29, 1.82) is 0 Å². The normalized spacial score (nSPS) is 21.3. The molecule has 2 heterocycles. The lowest BCUT2D eigenvalue weighted by Crippen LogP contribution is -2.47. The van der Waals surface area contributed by atoms with Gasteiger partial charge in [0.05, 0.1) is 22.6 Å². The summed E-state index contributed by atoms with van der Waals surface area (Å²) in [7, 11) is 0. The van der Waals surface area contributed by atoms with Crippen LogP contribution in [0.15, 0.2) is 54.6 Å². The maximum atomic E-state index is 12.7. The number of nitrogens with zero attached hydrogens (tertiary/aromatic N) is 2. The van der Waals surface area contributed by atoms with Crippen LogP contribution in [0, 0.1) is 5.21 Å². The lowest BCUT2D eigenvalue weighted by molar-refractivity contribution is -0.770. The second kappa shape index (κ2) is 6.23. The molecule has 1 atom stereocenters. The highest BCUT2D eigenvalue weighted by molar-refractivity contribution is 6.22. The van der Waals surface area contributed by atoms with E-state index < -0.39 is 5.60 Å². The second-order valence-electron chi connectivity index (χ2n) is 7.51. The van der Waals surface area contributed by atoms with Crippen LogP contribution >= 0.6 is 0 Å². The van der Waals surface area contributed by atoms with Gasteiger partial charge < -0.3 is 4.84 Å². The Hall–Kier alpha value is -3.15. The van der Waals surface area contributed by atoms with E-state index in [-0.39, 0.29) is 24.3 Å². The van der Waals surface area contributed by atoms with Gasteiger partial charge >= 0.3 is 0 Å². The molecular weight excluding hydrogens is 344 g/mol. The first-order valence-electron chi connectivity index (χ1n) is 8.90. The summed E-state index contributed by atoms with van der Waals surface area (Å²) in [5.74, 6) is -1.00. The predicted octanol–water partition coefficient (Wildman–Crippen LogP) is 3.13. The van der Waals surface area contributed by atoms with E-state index in [2.05, 4.69) is 0 Å². The smallest absolute Gasteiger partial charge is 0.262 e. The molecule has 0 aliphatic carbocycles. The Morgan fingerprint density at radius 1 is 1.04 bits per heavy atom. The average molecular weight is 364 g/mol. The first-order valence-corrected chi connectivity index (χ1v) is 8.90. The van der Waals surface area contributed by atoms with E-state index in [0.717, 1.165) is 10.5 Å². The molecular formula is C21H20N2O4. The van der Waals surface area contributed by atoms with E-state index >= 15 is 0 Å². The SMILES string of the molecule is CC1(C)CC(c2ccccc2)C(CN2C(=O)c3ccccc3C2=O)=[N+]([O-])O1. The Labute approximate surface area is 157 Å². The molecule has 27 heavy (non-hydrogen) atoms. The number of benzene rings is 2. The Morgan fingerprint density at radius 3 is 2.19 bits per heavy atom. The zero-order valence-electron chi connectivity index (χ0n) is 15.2. The molecule has 2 aliphatic rings. The molecule has 4 rings (SSSR count). The number of carbonyl (C=O) groups is 2. The lowest BCUT2D eigenvalue weighted by Gasteiger charge is -2.36. The molecule has 0 bridgehead atoms. The fourth-order valence-corrected chi connectivity index (χ4v) is 3.77. The largest absolute Gasteiger partial charge is 0.397 e. The number of fused-ring (bicyclic) bond motifs is 1. The minimum atomic E-state index is -0.645. The third kappa shape index (κ3) is 2.97. The number of amides is 2. The van der Waals surface area contributed by atoms with E-state index in [9.17, 15) is 14.8 Å². The molecule has 2 aromatic carbocycles. The Balaban J connectivity index is 1.71. The molecule has 0 fully saturated rings. The molecule has 2 aliphatic heterocycles. The van der Waals surface area contributed by atoms with Crippen LogP contribution < -0.4 is 0 Å². The quantitative estimate of drug-likeness (QED) is 0.620. The Kier molecular flexibility index (Phi) is 3.98. The third-order valence-electron chi connectivity index (χ3n) is 5.06. The fourth-order valence-electron chi connectivity index (χ4n) is 3.77. The minimum absolute atomic E-state index is 0.0918. The summed E-state index contributed by atoms with van der Waals surface area (Å²) in [4.78, 5) is 32.5. The van der Waals surface area contributed by atoms with Gasteiger partial charge in [0.25, 0.3) is 11.8 Å². The monoisotopic (exact) mass is 364 g/mol. The molecule has 138 valence electrons. The Bertz CT molecular complexity index is 915. The van der Waals surface area contributed by atoms with Crippen LogP contribution in [-0.2, 0) is 4.84 Å². The summed E-state index contributed by atoms with van der Waals surface area (Å²) >= 11 is 0. The van der Waals surface area contributed by atoms with Crippen LogP contribution in [0.4, 0.5) is 0 Å². The molecule has 0 spiro atoms. The summed E-state index contributed by atoms with van der Waals surface area (Å²) in [6, 6.07) is 16.3. The number of rotatable bonds is 3. The van der Waals surface area contributed by atoms with Crippen LogP contribution in [0.3, 0.4) is 0 Å². The van der Waals surface area contributed by atoms with Crippen molar-refractivity contribution in [2.45, 2.75) is 31.8 Å². The van der Waals surface area contributed by atoms with Crippen molar-refractivity contribution in [1.82, 2.24) is 4.90 Å². The predicted molar refractivity (Wildman–Crippen MR) is 99.4 cm³/mol. The molecule has 1 unspecified atom stereocenters. The van der Waals surface area contributed by atoms with Crippen molar-refractivity contribution in [2.75, 3.05) is 6.54 Å². The van der Waals surface area contributed by atoms with E-state index in [1.807, 2.05) is 44.2 Å². The highest BCUT2D eigenvalue weighted by Gasteiger charge is 2.43. The summed E-state index contributed by atoms with van der Waals surface area (Å²) in [5, 5.41) is 12.7. The second-order valence-corrected chi connectivity index (χ2v) is 7.51. The summed E-state index contributed by atoms with van der Waals surface area (Å²) in [5.41, 5.74) is 1.41. The van der Waals surface area contributed by atoms with Crippen LogP contribution in [0.25, 0.3) is 0 Å². The molecule has 2 amide bonds. The molecule has 0 saturated heterocycles. The molecule has 6 nitrogen and oxygen atoms in total. The van der Waals surface area contributed by atoms with Gasteiger partial charge in [0.1, 0.15) is 6.54 Å². The summed E-state index contributed by atoms with van der Waals surface area (Å²) in [6.45, 7) is 3.62. The molecule has 2 aromatic rings. The maximum Gasteiger partial charge on any atom is 0.262 e. The van der Waals surface area contributed by atoms with Gasteiger partial charge in [-0.3, -0.25) is 19.7 Å². The van der Waals surface area contributed by atoms with E-state index in [1.54, 1.807) is 24.3 Å². The van der Waals surface area contributed by atoms with Crippen LogP contribution in [-0.4, -0.2) is 39.5 Å². The molecule has 6 heteroatoms. The highest BCUT2D eigenvalue weighted by atomic mass is 16.9. The van der Waals surface area contributed by atoms with E-state index in [1.165, 1.54) is 0 Å². The van der Waals surface area contributed by atoms with E-state index in [0.29, 0.717) is 28.2 Å². The number of carbonyl (C=O) groups excluding carboxylic acids is 2. The van der Waals surface area contributed by atoms with Gasteiger partial charge in [0.15, 0.2) is 0 Å². The van der Waals surface area contributed by atoms with Gasteiger partial charge in [0.2, 0.25) is 5.71 Å². The maximum absolute atomic E-state index is 12.7. The molecule has 0 saturated carbocycles. The molecule has 0 aromatic heterocycles. The van der Waals surface area contributed by atoms with Gasteiger partial charge in [-0.15, -0.1) is 0 Å². The minimum Gasteiger partial charge on any atom is -0.397 e. The van der Waals surface area contributed by atoms with Crippen LogP contribution in [0.2, 0.25) is 0 Å². The third-order valence-corrected chi connectivity index (χ3v) is 5.06. The molecule has 0 N–H and O–H groups in total. The Morgan fingerprint density at radius 2 is 1.59 bits per heavy atom. The van der Waals surface area contributed by atoms with E-state index in [4.69, 9.17) is 4.84 Å². The van der Waals surface area contributed by atoms with Crippen molar-refractivity contribution >= 4 is 17.5 Å². The van der Waals surface area contributed by atoms with Gasteiger partial charge in [-0.05, 0) is 38.0 Å². The first-order chi connectivity index (χ1) is 12.9. The van der Waals surface area contributed by atoms with Gasteiger partial charge in [-0.1, -0.05) is 42.5 Å². The van der Waals surface area contributed by atoms with Crippen molar-refractivity contribution in [3.05, 3.63) is 76.5 Å². The van der Waals surface area contributed by atoms with Gasteiger partial charge in [-0.2, -0.15) is 0 Å².